The summed E-state index contributed by atoms with van der Waals surface area (Å²) in [7, 11) is 3.49. The molecule has 6 heteroatoms. The molecule has 0 unspecified atom stereocenters. The van der Waals surface area contributed by atoms with Crippen LogP contribution in [0.2, 0.25) is 0 Å². The van der Waals surface area contributed by atoms with Gasteiger partial charge >= 0.3 is 0 Å². The SMILES string of the molecule is COc1ccc(-c2cc3n(C)c(CN)cc(=O)n3n2)cc1. The fourth-order valence-corrected chi connectivity index (χ4v) is 2.32. The summed E-state index contributed by atoms with van der Waals surface area (Å²) >= 11 is 0. The van der Waals surface area contributed by atoms with Gasteiger partial charge in [-0.05, 0) is 24.3 Å². The highest BCUT2D eigenvalue weighted by Crippen LogP contribution is 2.22. The number of aromatic nitrogens is 3. The number of rotatable bonds is 3. The van der Waals surface area contributed by atoms with Crippen molar-refractivity contribution in [1.82, 2.24) is 14.2 Å². The molecule has 0 atom stereocenters. The van der Waals surface area contributed by atoms with E-state index in [2.05, 4.69) is 5.10 Å². The first-order valence-corrected chi connectivity index (χ1v) is 6.57. The highest BCUT2D eigenvalue weighted by atomic mass is 16.5. The van der Waals surface area contributed by atoms with E-state index in [9.17, 15) is 4.79 Å². The number of nitrogens with zero attached hydrogens (tertiary/aromatic N) is 3. The molecule has 108 valence electrons. The van der Waals surface area contributed by atoms with Gasteiger partial charge in [-0.1, -0.05) is 0 Å². The van der Waals surface area contributed by atoms with Crippen molar-refractivity contribution in [3.63, 3.8) is 0 Å². The van der Waals surface area contributed by atoms with E-state index < -0.39 is 0 Å². The molecule has 3 rings (SSSR count). The van der Waals surface area contributed by atoms with Crippen LogP contribution in [0.5, 0.6) is 5.75 Å². The third kappa shape index (κ3) is 2.19. The summed E-state index contributed by atoms with van der Waals surface area (Å²) in [6, 6.07) is 10.9. The van der Waals surface area contributed by atoms with Crippen LogP contribution in [-0.4, -0.2) is 21.3 Å². The Hall–Kier alpha value is -2.60. The van der Waals surface area contributed by atoms with E-state index in [-0.39, 0.29) is 5.56 Å². The average Bonchev–Trinajstić information content (AvgIpc) is 2.97. The molecular weight excluding hydrogens is 268 g/mol. The first-order valence-electron chi connectivity index (χ1n) is 6.57. The molecule has 0 aliphatic rings. The number of ether oxygens (including phenoxy) is 1. The Morgan fingerprint density at radius 1 is 1.24 bits per heavy atom. The van der Waals surface area contributed by atoms with Gasteiger partial charge in [0.15, 0.2) is 0 Å². The predicted octanol–water partition coefficient (Wildman–Crippen LogP) is 1.17. The second-order valence-electron chi connectivity index (χ2n) is 4.77. The summed E-state index contributed by atoms with van der Waals surface area (Å²) in [6.07, 6.45) is 0. The lowest BCUT2D eigenvalue weighted by molar-refractivity contribution is 0.415. The van der Waals surface area contributed by atoms with E-state index >= 15 is 0 Å². The summed E-state index contributed by atoms with van der Waals surface area (Å²) in [6.45, 7) is 0.311. The summed E-state index contributed by atoms with van der Waals surface area (Å²) in [4.78, 5) is 12.1. The Morgan fingerprint density at radius 3 is 2.57 bits per heavy atom. The largest absolute Gasteiger partial charge is 0.497 e. The van der Waals surface area contributed by atoms with Gasteiger partial charge < -0.3 is 15.0 Å². The van der Waals surface area contributed by atoms with Crippen molar-refractivity contribution in [2.24, 2.45) is 12.8 Å². The van der Waals surface area contributed by atoms with Crippen molar-refractivity contribution in [3.05, 3.63) is 52.4 Å². The molecule has 0 saturated carbocycles. The van der Waals surface area contributed by atoms with Crippen molar-refractivity contribution in [2.45, 2.75) is 6.54 Å². The third-order valence-electron chi connectivity index (χ3n) is 3.56. The normalized spacial score (nSPS) is 11.0. The molecule has 0 saturated heterocycles. The van der Waals surface area contributed by atoms with Crippen LogP contribution in [0.4, 0.5) is 0 Å². The lowest BCUT2D eigenvalue weighted by Crippen LogP contribution is -2.21. The summed E-state index contributed by atoms with van der Waals surface area (Å²) in [5, 5.41) is 4.38. The molecule has 21 heavy (non-hydrogen) atoms. The van der Waals surface area contributed by atoms with Gasteiger partial charge in [0.05, 0.1) is 12.8 Å². The minimum absolute atomic E-state index is 0.177. The molecule has 0 aliphatic carbocycles. The van der Waals surface area contributed by atoms with Crippen LogP contribution in [0, 0.1) is 0 Å². The average molecular weight is 284 g/mol. The predicted molar refractivity (Wildman–Crippen MR) is 80.3 cm³/mol. The summed E-state index contributed by atoms with van der Waals surface area (Å²) in [5.74, 6) is 0.781. The molecule has 0 bridgehead atoms. The van der Waals surface area contributed by atoms with Crippen molar-refractivity contribution >= 4 is 5.65 Å². The summed E-state index contributed by atoms with van der Waals surface area (Å²) in [5.41, 5.74) is 8.63. The Kier molecular flexibility index (Phi) is 3.23. The molecule has 2 aromatic heterocycles. The van der Waals surface area contributed by atoms with E-state index in [0.717, 1.165) is 22.7 Å². The minimum Gasteiger partial charge on any atom is -0.497 e. The molecule has 1 aromatic carbocycles. The molecule has 2 heterocycles. The molecular formula is C15H16N4O2. The standard InChI is InChI=1S/C15H16N4O2/c1-18-11(9-16)7-15(20)19-14(18)8-13(17-19)10-3-5-12(21-2)6-4-10/h3-8H,9,16H2,1-2H3. The van der Waals surface area contributed by atoms with Crippen LogP contribution in [0.25, 0.3) is 16.9 Å². The van der Waals surface area contributed by atoms with Gasteiger partial charge in [-0.15, -0.1) is 0 Å². The number of hydrogen-bond acceptors (Lipinski definition) is 4. The molecule has 2 N–H and O–H groups in total. The zero-order valence-electron chi connectivity index (χ0n) is 11.9. The third-order valence-corrected chi connectivity index (χ3v) is 3.56. The maximum absolute atomic E-state index is 12.1. The van der Waals surface area contributed by atoms with E-state index in [1.54, 1.807) is 7.11 Å². The fourth-order valence-electron chi connectivity index (χ4n) is 2.32. The number of benzene rings is 1. The highest BCUT2D eigenvalue weighted by Gasteiger charge is 2.10. The highest BCUT2D eigenvalue weighted by molar-refractivity contribution is 5.65. The maximum Gasteiger partial charge on any atom is 0.274 e. The van der Waals surface area contributed by atoms with Crippen LogP contribution in [-0.2, 0) is 13.6 Å². The van der Waals surface area contributed by atoms with Crippen LogP contribution in [0.3, 0.4) is 0 Å². The van der Waals surface area contributed by atoms with Gasteiger partial charge in [0.1, 0.15) is 11.4 Å². The van der Waals surface area contributed by atoms with Gasteiger partial charge in [-0.2, -0.15) is 9.61 Å². The van der Waals surface area contributed by atoms with Gasteiger partial charge in [-0.25, -0.2) is 0 Å². The van der Waals surface area contributed by atoms with Crippen molar-refractivity contribution in [2.75, 3.05) is 7.11 Å². The Morgan fingerprint density at radius 2 is 1.95 bits per heavy atom. The lowest BCUT2D eigenvalue weighted by atomic mass is 10.1. The fraction of sp³-hybridized carbons (Fsp3) is 0.200. The maximum atomic E-state index is 12.1. The smallest absolute Gasteiger partial charge is 0.274 e. The number of hydrogen-bond donors (Lipinski definition) is 1. The van der Waals surface area contributed by atoms with Crippen molar-refractivity contribution in [1.29, 1.82) is 0 Å². The zero-order valence-corrected chi connectivity index (χ0v) is 11.9. The van der Waals surface area contributed by atoms with Crippen LogP contribution in [0.15, 0.2) is 41.2 Å². The van der Waals surface area contributed by atoms with Gasteiger partial charge in [-0.3, -0.25) is 4.79 Å². The molecule has 0 fully saturated rings. The van der Waals surface area contributed by atoms with Gasteiger partial charge in [0.25, 0.3) is 5.56 Å². The number of aryl methyl sites for hydroxylation is 1. The van der Waals surface area contributed by atoms with E-state index in [4.69, 9.17) is 10.5 Å². The van der Waals surface area contributed by atoms with Crippen LogP contribution in [0.1, 0.15) is 5.69 Å². The molecule has 0 spiro atoms. The number of fused-ring (bicyclic) bond motifs is 1. The summed E-state index contributed by atoms with van der Waals surface area (Å²) < 4.78 is 8.40. The Balaban J connectivity index is 2.18. The Labute approximate surface area is 121 Å². The van der Waals surface area contributed by atoms with Crippen LogP contribution < -0.4 is 16.0 Å². The van der Waals surface area contributed by atoms with E-state index in [1.807, 2.05) is 41.9 Å². The number of methoxy groups -OCH3 is 1. The number of nitrogens with two attached hydrogens (primary N) is 1. The first kappa shape index (κ1) is 13.4. The molecule has 0 aliphatic heterocycles. The first-order chi connectivity index (χ1) is 10.1. The Bertz CT molecular complexity index is 846. The lowest BCUT2D eigenvalue weighted by Gasteiger charge is -2.07. The topological polar surface area (TPSA) is 74.5 Å². The second kappa shape index (κ2) is 5.06. The molecule has 0 amide bonds. The quantitative estimate of drug-likeness (QED) is 0.783. The minimum atomic E-state index is -0.177. The van der Waals surface area contributed by atoms with Crippen molar-refractivity contribution in [3.8, 4) is 17.0 Å². The van der Waals surface area contributed by atoms with Gasteiger partial charge in [0, 0.05) is 37.0 Å². The molecule has 6 nitrogen and oxygen atoms in total. The van der Waals surface area contributed by atoms with Crippen LogP contribution >= 0.6 is 0 Å². The monoisotopic (exact) mass is 284 g/mol. The van der Waals surface area contributed by atoms with E-state index in [0.29, 0.717) is 12.2 Å². The molecule has 0 radical (unpaired) electrons. The van der Waals surface area contributed by atoms with Crippen molar-refractivity contribution < 1.29 is 4.74 Å². The zero-order chi connectivity index (χ0) is 15.0. The second-order valence-corrected chi connectivity index (χ2v) is 4.77. The van der Waals surface area contributed by atoms with E-state index in [1.165, 1.54) is 10.6 Å². The van der Waals surface area contributed by atoms with Gasteiger partial charge in [0.2, 0.25) is 0 Å². The molecule has 3 aromatic rings.